The molecule has 1 fully saturated rings. The number of rotatable bonds is 6. The number of Topliss-reactive ketones (excluding diaryl/α,β-unsaturated/α-hetero) is 1. The molecule has 1 aliphatic rings. The first kappa shape index (κ1) is 16.7. The van der Waals surface area contributed by atoms with E-state index in [4.69, 9.17) is 4.74 Å². The zero-order valence-electron chi connectivity index (χ0n) is 13.8. The molecule has 0 amide bonds. The van der Waals surface area contributed by atoms with E-state index in [1.165, 1.54) is 9.75 Å². The standard InChI is InChI=1S/C18H28O2S/c1-5-14-7-8-15(21-14)13-16(19)18(20-6-2)11-9-17(3,4)10-12-18/h7-8H,5-6,9-13H2,1-4H3. The molecule has 3 heteroatoms. The zero-order chi connectivity index (χ0) is 15.5. The summed E-state index contributed by atoms with van der Waals surface area (Å²) in [4.78, 5) is 15.4. The van der Waals surface area contributed by atoms with E-state index in [1.54, 1.807) is 11.3 Å². The summed E-state index contributed by atoms with van der Waals surface area (Å²) in [6, 6.07) is 4.25. The molecule has 2 nitrogen and oxygen atoms in total. The molecule has 0 bridgehead atoms. The van der Waals surface area contributed by atoms with Crippen molar-refractivity contribution in [1.29, 1.82) is 0 Å². The Morgan fingerprint density at radius 1 is 1.14 bits per heavy atom. The molecule has 0 N–H and O–H groups in total. The normalized spacial score (nSPS) is 20.4. The van der Waals surface area contributed by atoms with Gasteiger partial charge < -0.3 is 4.74 Å². The minimum atomic E-state index is -0.527. The summed E-state index contributed by atoms with van der Waals surface area (Å²) < 4.78 is 5.99. The quantitative estimate of drug-likeness (QED) is 0.754. The van der Waals surface area contributed by atoms with Gasteiger partial charge in [0.1, 0.15) is 5.60 Å². The number of carbonyl (C=O) groups is 1. The smallest absolute Gasteiger partial charge is 0.169 e. The Kier molecular flexibility index (Phi) is 5.26. The number of hydrogen-bond acceptors (Lipinski definition) is 3. The number of ether oxygens (including phenoxy) is 1. The van der Waals surface area contributed by atoms with Gasteiger partial charge in [0.05, 0.1) is 0 Å². The molecule has 118 valence electrons. The van der Waals surface area contributed by atoms with Gasteiger partial charge in [0.2, 0.25) is 0 Å². The molecule has 0 aliphatic heterocycles. The first-order chi connectivity index (χ1) is 9.91. The van der Waals surface area contributed by atoms with Crippen LogP contribution in [0.25, 0.3) is 0 Å². The lowest BCUT2D eigenvalue weighted by Crippen LogP contribution is -2.47. The van der Waals surface area contributed by atoms with Gasteiger partial charge in [-0.2, -0.15) is 0 Å². The molecule has 0 aromatic carbocycles. The topological polar surface area (TPSA) is 26.3 Å². The Bertz CT molecular complexity index is 477. The van der Waals surface area contributed by atoms with Crippen molar-refractivity contribution in [3.63, 3.8) is 0 Å². The third-order valence-electron chi connectivity index (χ3n) is 4.74. The molecule has 0 saturated heterocycles. The Morgan fingerprint density at radius 3 is 2.29 bits per heavy atom. The number of ketones is 1. The molecule has 0 spiro atoms. The highest BCUT2D eigenvalue weighted by Gasteiger charge is 2.44. The fourth-order valence-corrected chi connectivity index (χ4v) is 4.09. The zero-order valence-corrected chi connectivity index (χ0v) is 14.6. The Morgan fingerprint density at radius 2 is 1.76 bits per heavy atom. The summed E-state index contributed by atoms with van der Waals surface area (Å²) in [6.07, 6.45) is 5.47. The number of hydrogen-bond donors (Lipinski definition) is 0. The van der Waals surface area contributed by atoms with Crippen LogP contribution in [0.4, 0.5) is 0 Å². The molecular formula is C18H28O2S. The van der Waals surface area contributed by atoms with Gasteiger partial charge in [-0.05, 0) is 56.6 Å². The summed E-state index contributed by atoms with van der Waals surface area (Å²) in [5, 5.41) is 0. The monoisotopic (exact) mass is 308 g/mol. The first-order valence-corrected chi connectivity index (χ1v) is 8.97. The predicted octanol–water partition coefficient (Wildman–Crippen LogP) is 4.80. The van der Waals surface area contributed by atoms with E-state index in [-0.39, 0.29) is 5.78 Å². The van der Waals surface area contributed by atoms with Crippen molar-refractivity contribution in [2.45, 2.75) is 71.8 Å². The van der Waals surface area contributed by atoms with E-state index < -0.39 is 5.60 Å². The number of thiophene rings is 1. The average molecular weight is 308 g/mol. The van der Waals surface area contributed by atoms with Crippen LogP contribution in [0.15, 0.2) is 12.1 Å². The fraction of sp³-hybridized carbons (Fsp3) is 0.722. The third kappa shape index (κ3) is 3.95. The average Bonchev–Trinajstić information content (AvgIpc) is 2.89. The molecule has 1 saturated carbocycles. The minimum absolute atomic E-state index is 0.282. The Balaban J connectivity index is 2.09. The van der Waals surface area contributed by atoms with Crippen LogP contribution in [0.5, 0.6) is 0 Å². The van der Waals surface area contributed by atoms with Gasteiger partial charge in [-0.25, -0.2) is 0 Å². The van der Waals surface area contributed by atoms with Gasteiger partial charge in [0.15, 0.2) is 5.78 Å². The first-order valence-electron chi connectivity index (χ1n) is 8.15. The van der Waals surface area contributed by atoms with E-state index >= 15 is 0 Å². The molecule has 1 aromatic rings. The molecule has 0 atom stereocenters. The summed E-state index contributed by atoms with van der Waals surface area (Å²) in [6.45, 7) is 9.36. The van der Waals surface area contributed by atoms with E-state index in [1.807, 2.05) is 6.92 Å². The lowest BCUT2D eigenvalue weighted by molar-refractivity contribution is -0.151. The van der Waals surface area contributed by atoms with Crippen molar-refractivity contribution in [2.75, 3.05) is 6.61 Å². The van der Waals surface area contributed by atoms with Crippen LogP contribution in [-0.4, -0.2) is 18.0 Å². The van der Waals surface area contributed by atoms with E-state index in [0.717, 1.165) is 32.1 Å². The number of aryl methyl sites for hydroxylation is 1. The Labute approximate surface area is 132 Å². The van der Waals surface area contributed by atoms with Crippen molar-refractivity contribution in [3.8, 4) is 0 Å². The second-order valence-corrected chi connectivity index (χ2v) is 8.17. The van der Waals surface area contributed by atoms with Crippen LogP contribution >= 0.6 is 11.3 Å². The van der Waals surface area contributed by atoms with E-state index in [9.17, 15) is 4.79 Å². The van der Waals surface area contributed by atoms with Crippen LogP contribution in [0.3, 0.4) is 0 Å². The summed E-state index contributed by atoms with van der Waals surface area (Å²) in [7, 11) is 0. The molecular weight excluding hydrogens is 280 g/mol. The van der Waals surface area contributed by atoms with E-state index in [0.29, 0.717) is 18.4 Å². The lowest BCUT2D eigenvalue weighted by Gasteiger charge is -2.42. The van der Waals surface area contributed by atoms with Gasteiger partial charge >= 0.3 is 0 Å². The van der Waals surface area contributed by atoms with Crippen LogP contribution in [-0.2, 0) is 22.4 Å². The summed E-state index contributed by atoms with van der Waals surface area (Å²) >= 11 is 1.77. The minimum Gasteiger partial charge on any atom is -0.367 e. The molecule has 0 unspecified atom stereocenters. The maximum atomic E-state index is 12.9. The van der Waals surface area contributed by atoms with Gasteiger partial charge in [-0.15, -0.1) is 11.3 Å². The highest BCUT2D eigenvalue weighted by Crippen LogP contribution is 2.43. The second-order valence-electron chi connectivity index (χ2n) is 6.91. The third-order valence-corrected chi connectivity index (χ3v) is 5.97. The maximum absolute atomic E-state index is 12.9. The molecule has 1 aliphatic carbocycles. The Hall–Kier alpha value is -0.670. The van der Waals surface area contributed by atoms with Crippen molar-refractivity contribution >= 4 is 17.1 Å². The summed E-state index contributed by atoms with van der Waals surface area (Å²) in [5.74, 6) is 0.282. The van der Waals surface area contributed by atoms with Crippen LogP contribution < -0.4 is 0 Å². The predicted molar refractivity (Wildman–Crippen MR) is 89.0 cm³/mol. The summed E-state index contributed by atoms with van der Waals surface area (Å²) in [5.41, 5.74) is -0.181. The van der Waals surface area contributed by atoms with Crippen molar-refractivity contribution < 1.29 is 9.53 Å². The lowest BCUT2D eigenvalue weighted by atomic mass is 9.69. The van der Waals surface area contributed by atoms with Crippen LogP contribution in [0.2, 0.25) is 0 Å². The van der Waals surface area contributed by atoms with Gasteiger partial charge in [0.25, 0.3) is 0 Å². The van der Waals surface area contributed by atoms with Gasteiger partial charge in [-0.3, -0.25) is 4.79 Å². The highest BCUT2D eigenvalue weighted by molar-refractivity contribution is 7.12. The van der Waals surface area contributed by atoms with Crippen LogP contribution in [0.1, 0.15) is 63.1 Å². The molecule has 21 heavy (non-hydrogen) atoms. The SMILES string of the molecule is CCOC1(C(=O)Cc2ccc(CC)s2)CCC(C)(C)CC1. The van der Waals surface area contributed by atoms with E-state index in [2.05, 4.69) is 32.9 Å². The van der Waals surface area contributed by atoms with Crippen molar-refractivity contribution in [3.05, 3.63) is 21.9 Å². The molecule has 0 radical (unpaired) electrons. The van der Waals surface area contributed by atoms with Crippen LogP contribution in [0, 0.1) is 5.41 Å². The van der Waals surface area contributed by atoms with Gasteiger partial charge in [0, 0.05) is 22.8 Å². The largest absolute Gasteiger partial charge is 0.367 e. The van der Waals surface area contributed by atoms with Gasteiger partial charge in [-0.1, -0.05) is 20.8 Å². The molecule has 1 aromatic heterocycles. The molecule has 2 rings (SSSR count). The number of carbonyl (C=O) groups excluding carboxylic acids is 1. The fourth-order valence-electron chi connectivity index (χ4n) is 3.14. The molecule has 1 heterocycles. The van der Waals surface area contributed by atoms with Crippen molar-refractivity contribution in [2.24, 2.45) is 5.41 Å². The van der Waals surface area contributed by atoms with Crippen molar-refractivity contribution in [1.82, 2.24) is 0 Å². The highest BCUT2D eigenvalue weighted by atomic mass is 32.1. The second kappa shape index (κ2) is 6.62. The maximum Gasteiger partial charge on any atom is 0.169 e.